The maximum atomic E-state index is 10.0. The summed E-state index contributed by atoms with van der Waals surface area (Å²) in [6.07, 6.45) is 8.48. The van der Waals surface area contributed by atoms with E-state index < -0.39 is 6.10 Å². The predicted octanol–water partition coefficient (Wildman–Crippen LogP) is 10.3. The summed E-state index contributed by atoms with van der Waals surface area (Å²) in [5.74, 6) is 0. The summed E-state index contributed by atoms with van der Waals surface area (Å²) in [5.41, 5.74) is 10.8. The van der Waals surface area contributed by atoms with E-state index in [1.807, 2.05) is 19.1 Å². The molecule has 0 amide bonds. The minimum absolute atomic E-state index is 0.114. The number of hydrogen-bond acceptors (Lipinski definition) is 3. The fraction of sp³-hybridized carbons (Fsp3) is 0.350. The lowest BCUT2D eigenvalue weighted by Gasteiger charge is -2.35. The van der Waals surface area contributed by atoms with Crippen LogP contribution in [0.5, 0.6) is 0 Å². The summed E-state index contributed by atoms with van der Waals surface area (Å²) < 4.78 is 13.4. The van der Waals surface area contributed by atoms with E-state index in [9.17, 15) is 5.11 Å². The summed E-state index contributed by atoms with van der Waals surface area (Å²) in [6, 6.07) is 29.4. The summed E-state index contributed by atoms with van der Waals surface area (Å²) in [6.45, 7) is 13.5. The molecule has 3 unspecified atom stereocenters. The zero-order valence-corrected chi connectivity index (χ0v) is 26.4. The van der Waals surface area contributed by atoms with Gasteiger partial charge in [-0.15, -0.1) is 0 Å². The van der Waals surface area contributed by atoms with E-state index in [4.69, 9.17) is 9.47 Å². The van der Waals surface area contributed by atoms with Crippen molar-refractivity contribution < 1.29 is 14.6 Å². The lowest BCUT2D eigenvalue weighted by atomic mass is 9.80. The topological polar surface area (TPSA) is 38.7 Å². The monoisotopic (exact) mass is 576 g/mol. The van der Waals surface area contributed by atoms with Gasteiger partial charge in [0.1, 0.15) is 12.2 Å². The van der Waals surface area contributed by atoms with Crippen LogP contribution in [-0.2, 0) is 22.7 Å². The Balaban J connectivity index is 1.52. The van der Waals surface area contributed by atoms with E-state index in [0.29, 0.717) is 13.2 Å². The van der Waals surface area contributed by atoms with Crippen molar-refractivity contribution in [1.29, 1.82) is 0 Å². The lowest BCUT2D eigenvalue weighted by molar-refractivity contribution is 0.0324. The van der Waals surface area contributed by atoms with Crippen LogP contribution in [0.2, 0.25) is 0 Å². The van der Waals surface area contributed by atoms with Crippen molar-refractivity contribution >= 4 is 0 Å². The Morgan fingerprint density at radius 1 is 0.744 bits per heavy atom. The molecule has 1 aliphatic rings. The molecule has 0 saturated heterocycles. The first-order valence-electron chi connectivity index (χ1n) is 15.6. The molecule has 43 heavy (non-hydrogen) atoms. The van der Waals surface area contributed by atoms with E-state index in [0.717, 1.165) is 37.7 Å². The smallest absolute Gasteiger partial charge is 0.105 e. The number of ether oxygens (including phenoxy) is 2. The molecule has 3 aromatic rings. The molecular formula is C40H48O3. The molecule has 0 bridgehead atoms. The summed E-state index contributed by atoms with van der Waals surface area (Å²) in [5, 5.41) is 10.0. The molecule has 1 aliphatic carbocycles. The first-order chi connectivity index (χ1) is 20.8. The van der Waals surface area contributed by atoms with Crippen molar-refractivity contribution in [3.8, 4) is 0 Å². The van der Waals surface area contributed by atoms with E-state index >= 15 is 0 Å². The summed E-state index contributed by atoms with van der Waals surface area (Å²) >= 11 is 0. The Hall–Kier alpha value is -3.50. The van der Waals surface area contributed by atoms with Gasteiger partial charge >= 0.3 is 0 Å². The first-order valence-corrected chi connectivity index (χ1v) is 15.6. The number of fused-ring (bicyclic) bond motifs is 1. The molecule has 0 heterocycles. The predicted molar refractivity (Wildman–Crippen MR) is 179 cm³/mol. The highest BCUT2D eigenvalue weighted by Gasteiger charge is 2.33. The highest BCUT2D eigenvalue weighted by molar-refractivity contribution is 5.46. The third kappa shape index (κ3) is 9.49. The lowest BCUT2D eigenvalue weighted by Crippen LogP contribution is -2.22. The average molecular weight is 577 g/mol. The fourth-order valence-electron chi connectivity index (χ4n) is 5.61. The number of benzene rings is 3. The van der Waals surface area contributed by atoms with Gasteiger partial charge in [-0.25, -0.2) is 0 Å². The van der Waals surface area contributed by atoms with Gasteiger partial charge in [-0.1, -0.05) is 120 Å². The summed E-state index contributed by atoms with van der Waals surface area (Å²) in [7, 11) is 0. The van der Waals surface area contributed by atoms with E-state index in [1.165, 1.54) is 44.5 Å². The average Bonchev–Trinajstić information content (AvgIpc) is 3.02. The second-order valence-electron chi connectivity index (χ2n) is 11.9. The first kappa shape index (κ1) is 32.4. The zero-order chi connectivity index (χ0) is 30.6. The van der Waals surface area contributed by atoms with E-state index in [2.05, 4.69) is 112 Å². The molecule has 0 aromatic heterocycles. The van der Waals surface area contributed by atoms with Crippen LogP contribution in [0.3, 0.4) is 0 Å². The van der Waals surface area contributed by atoms with Crippen LogP contribution >= 0.6 is 0 Å². The Morgan fingerprint density at radius 3 is 1.84 bits per heavy atom. The Morgan fingerprint density at radius 2 is 1.26 bits per heavy atom. The Kier molecular flexibility index (Phi) is 12.3. The SMILES string of the molecule is C=C(C)C(O)CC/C(C)=C/CC/C(C)=C/CC1=C(C)C(OCc2ccccc2)c2ccccc2C1OCc1ccccc1. The maximum Gasteiger partial charge on any atom is 0.105 e. The van der Waals surface area contributed by atoms with Gasteiger partial charge < -0.3 is 14.6 Å². The minimum Gasteiger partial charge on any atom is -0.389 e. The Labute approximate surface area is 259 Å². The van der Waals surface area contributed by atoms with Crippen molar-refractivity contribution in [3.63, 3.8) is 0 Å². The van der Waals surface area contributed by atoms with Gasteiger partial charge in [0.15, 0.2) is 0 Å². The maximum absolute atomic E-state index is 10.0. The number of allylic oxidation sites excluding steroid dienone is 4. The number of rotatable bonds is 15. The third-order valence-corrected chi connectivity index (χ3v) is 8.38. The molecule has 3 heteroatoms. The minimum atomic E-state index is -0.417. The molecule has 3 atom stereocenters. The molecule has 0 aliphatic heterocycles. The summed E-state index contributed by atoms with van der Waals surface area (Å²) in [4.78, 5) is 0. The van der Waals surface area contributed by atoms with Gasteiger partial charge in [-0.2, -0.15) is 0 Å². The number of aliphatic hydroxyl groups is 1. The standard InChI is InChI=1S/C40H48O3/c1-29(2)38(41)26-24-31(4)16-14-15-30(3)23-25-35-32(5)39(42-27-33-17-8-6-9-18-33)36-21-12-13-22-37(36)40(35)43-28-34-19-10-7-11-20-34/h6-13,16-23,38-41H,1,14-15,24-28H2,2-5H3/b30-23+,31-16+. The quantitative estimate of drug-likeness (QED) is 0.183. The van der Waals surface area contributed by atoms with Gasteiger partial charge in [-0.05, 0) is 93.2 Å². The molecule has 1 N–H and O–H groups in total. The van der Waals surface area contributed by atoms with Gasteiger partial charge in [0.25, 0.3) is 0 Å². The van der Waals surface area contributed by atoms with Crippen LogP contribution < -0.4 is 0 Å². The molecule has 4 rings (SSSR count). The fourth-order valence-corrected chi connectivity index (χ4v) is 5.61. The second-order valence-corrected chi connectivity index (χ2v) is 11.9. The molecule has 0 radical (unpaired) electrons. The van der Waals surface area contributed by atoms with Crippen LogP contribution in [0.4, 0.5) is 0 Å². The number of aliphatic hydroxyl groups excluding tert-OH is 1. The van der Waals surface area contributed by atoms with Gasteiger partial charge in [0.2, 0.25) is 0 Å². The van der Waals surface area contributed by atoms with Crippen molar-refractivity contribution in [2.24, 2.45) is 0 Å². The highest BCUT2D eigenvalue weighted by Crippen LogP contribution is 2.46. The van der Waals surface area contributed by atoms with Gasteiger partial charge in [0, 0.05) is 0 Å². The van der Waals surface area contributed by atoms with Crippen molar-refractivity contribution in [2.45, 2.75) is 91.3 Å². The van der Waals surface area contributed by atoms with Crippen molar-refractivity contribution in [2.75, 3.05) is 0 Å². The molecular weight excluding hydrogens is 528 g/mol. The normalized spacial score (nSPS) is 18.0. The van der Waals surface area contributed by atoms with E-state index in [-0.39, 0.29) is 12.2 Å². The highest BCUT2D eigenvalue weighted by atomic mass is 16.5. The number of hydrogen-bond donors (Lipinski definition) is 1. The largest absolute Gasteiger partial charge is 0.389 e. The van der Waals surface area contributed by atoms with Crippen LogP contribution in [-0.4, -0.2) is 11.2 Å². The Bertz CT molecular complexity index is 1410. The van der Waals surface area contributed by atoms with Gasteiger partial charge in [-0.3, -0.25) is 0 Å². The molecule has 3 aromatic carbocycles. The van der Waals surface area contributed by atoms with Crippen LogP contribution in [0.1, 0.15) is 94.3 Å². The zero-order valence-electron chi connectivity index (χ0n) is 26.4. The van der Waals surface area contributed by atoms with Crippen LogP contribution in [0.15, 0.2) is 132 Å². The molecule has 0 saturated carbocycles. The van der Waals surface area contributed by atoms with Crippen LogP contribution in [0, 0.1) is 0 Å². The molecule has 0 fully saturated rings. The molecule has 226 valence electrons. The molecule has 0 spiro atoms. The van der Waals surface area contributed by atoms with Crippen molar-refractivity contribution in [3.05, 3.63) is 154 Å². The van der Waals surface area contributed by atoms with Crippen molar-refractivity contribution in [1.82, 2.24) is 0 Å². The van der Waals surface area contributed by atoms with Crippen LogP contribution in [0.25, 0.3) is 0 Å². The molecule has 3 nitrogen and oxygen atoms in total. The van der Waals surface area contributed by atoms with E-state index in [1.54, 1.807) is 0 Å². The third-order valence-electron chi connectivity index (χ3n) is 8.38. The second kappa shape index (κ2) is 16.4. The van der Waals surface area contributed by atoms with Gasteiger partial charge in [0.05, 0.1) is 19.3 Å².